The van der Waals surface area contributed by atoms with E-state index in [0.717, 1.165) is 0 Å². The number of carboxylic acid groups (broad SMARTS) is 1. The molecule has 2 aliphatic rings. The molecule has 1 saturated heterocycles. The van der Waals surface area contributed by atoms with Gasteiger partial charge in [-0.15, -0.1) is 0 Å². The number of amides is 1. The summed E-state index contributed by atoms with van der Waals surface area (Å²) >= 11 is 1.29. The molecule has 4 atom stereocenters. The minimum Gasteiger partial charge on any atom is -0.477 e. The standard InChI is InChI=1S/C12H17NO5S/c1-5-8-7(6(2)14)11(15)13(8)9(12(16)17)10(5)19-4-18-3/h5-8,14H,4H2,1-3H3,(H,16,17). The second-order valence-electron chi connectivity index (χ2n) is 4.82. The Labute approximate surface area is 115 Å². The van der Waals surface area contributed by atoms with Crippen LogP contribution in [0.2, 0.25) is 0 Å². The molecule has 0 radical (unpaired) electrons. The Hall–Kier alpha value is -1.05. The molecule has 7 heteroatoms. The minimum atomic E-state index is -1.11. The lowest BCUT2D eigenvalue weighted by atomic mass is 9.79. The molecule has 0 bridgehead atoms. The van der Waals surface area contributed by atoms with E-state index in [1.165, 1.54) is 23.8 Å². The lowest BCUT2D eigenvalue weighted by Crippen LogP contribution is -2.63. The molecule has 19 heavy (non-hydrogen) atoms. The van der Waals surface area contributed by atoms with Gasteiger partial charge >= 0.3 is 5.97 Å². The number of β-lactam (4-membered cyclic amide) rings is 1. The molecule has 2 heterocycles. The van der Waals surface area contributed by atoms with Gasteiger partial charge in [-0.25, -0.2) is 4.79 Å². The van der Waals surface area contributed by atoms with E-state index in [4.69, 9.17) is 4.74 Å². The van der Waals surface area contributed by atoms with Crippen LogP contribution in [0, 0.1) is 11.8 Å². The lowest BCUT2D eigenvalue weighted by molar-refractivity contribution is -0.163. The first-order valence-electron chi connectivity index (χ1n) is 6.02. The van der Waals surface area contributed by atoms with Crippen LogP contribution in [-0.4, -0.2) is 52.2 Å². The molecule has 2 rings (SSSR count). The number of aliphatic hydroxyl groups is 1. The van der Waals surface area contributed by atoms with Crippen molar-refractivity contribution >= 4 is 23.6 Å². The maximum atomic E-state index is 12.0. The Morgan fingerprint density at radius 1 is 1.58 bits per heavy atom. The number of carbonyl (C=O) groups excluding carboxylic acids is 1. The van der Waals surface area contributed by atoms with Crippen molar-refractivity contribution < 1.29 is 24.5 Å². The van der Waals surface area contributed by atoms with Gasteiger partial charge in [-0.1, -0.05) is 18.7 Å². The summed E-state index contributed by atoms with van der Waals surface area (Å²) < 4.78 is 4.96. The Morgan fingerprint density at radius 3 is 2.68 bits per heavy atom. The third-order valence-corrected chi connectivity index (χ3v) is 4.87. The monoisotopic (exact) mass is 287 g/mol. The maximum Gasteiger partial charge on any atom is 0.353 e. The third-order valence-electron chi connectivity index (χ3n) is 3.64. The predicted octanol–water partition coefficient (Wildman–Crippen LogP) is 0.477. The van der Waals surface area contributed by atoms with Gasteiger partial charge in [0.15, 0.2) is 0 Å². The number of nitrogens with zero attached hydrogens (tertiary/aromatic N) is 1. The van der Waals surface area contributed by atoms with Gasteiger partial charge in [0.1, 0.15) is 5.70 Å². The zero-order valence-electron chi connectivity index (χ0n) is 11.0. The fraction of sp³-hybridized carbons (Fsp3) is 0.667. The summed E-state index contributed by atoms with van der Waals surface area (Å²) in [6.07, 6.45) is -0.766. The summed E-state index contributed by atoms with van der Waals surface area (Å²) in [6, 6.07) is -0.252. The minimum absolute atomic E-state index is 0.0430. The van der Waals surface area contributed by atoms with Gasteiger partial charge in [0.25, 0.3) is 0 Å². The van der Waals surface area contributed by atoms with Crippen molar-refractivity contribution in [2.45, 2.75) is 26.0 Å². The highest BCUT2D eigenvalue weighted by molar-refractivity contribution is 8.03. The van der Waals surface area contributed by atoms with Gasteiger partial charge in [-0.2, -0.15) is 0 Å². The van der Waals surface area contributed by atoms with E-state index in [9.17, 15) is 19.8 Å². The first kappa shape index (κ1) is 14.4. The SMILES string of the molecule is COCSC1=C(C(=O)O)N2C(=O)C(C(C)O)C2C1C. The largest absolute Gasteiger partial charge is 0.477 e. The van der Waals surface area contributed by atoms with E-state index in [-0.39, 0.29) is 23.6 Å². The van der Waals surface area contributed by atoms with Gasteiger partial charge in [0, 0.05) is 17.9 Å². The molecule has 6 nitrogen and oxygen atoms in total. The highest BCUT2D eigenvalue weighted by atomic mass is 32.2. The molecule has 2 N–H and O–H groups in total. The summed E-state index contributed by atoms with van der Waals surface area (Å²) in [4.78, 5) is 25.3. The van der Waals surface area contributed by atoms with Crippen molar-refractivity contribution in [2.75, 3.05) is 13.0 Å². The number of aliphatic hydroxyl groups excluding tert-OH is 1. The van der Waals surface area contributed by atoms with E-state index < -0.39 is 18.0 Å². The van der Waals surface area contributed by atoms with Gasteiger partial charge in [-0.3, -0.25) is 4.79 Å². The normalized spacial score (nSPS) is 31.3. The Bertz CT molecular complexity index is 447. The average molecular weight is 287 g/mol. The van der Waals surface area contributed by atoms with E-state index in [0.29, 0.717) is 10.8 Å². The molecule has 0 aliphatic carbocycles. The first-order chi connectivity index (χ1) is 8.91. The summed E-state index contributed by atoms with van der Waals surface area (Å²) in [7, 11) is 1.53. The maximum absolute atomic E-state index is 12.0. The quantitative estimate of drug-likeness (QED) is 0.565. The van der Waals surface area contributed by atoms with Crippen molar-refractivity contribution in [3.8, 4) is 0 Å². The Morgan fingerprint density at radius 2 is 2.21 bits per heavy atom. The number of rotatable bonds is 5. The number of methoxy groups -OCH3 is 1. The molecule has 1 fully saturated rings. The number of carboxylic acids is 1. The molecule has 0 aromatic heterocycles. The molecule has 0 aromatic carbocycles. The van der Waals surface area contributed by atoms with E-state index in [2.05, 4.69) is 0 Å². The number of hydrogen-bond acceptors (Lipinski definition) is 5. The van der Waals surface area contributed by atoms with Crippen molar-refractivity contribution in [3.63, 3.8) is 0 Å². The molecule has 2 aliphatic heterocycles. The summed E-state index contributed by atoms with van der Waals surface area (Å²) in [5, 5.41) is 18.9. The molecule has 4 unspecified atom stereocenters. The Balaban J connectivity index is 2.32. The fourth-order valence-corrected chi connectivity index (χ4v) is 3.81. The van der Waals surface area contributed by atoms with Crippen LogP contribution in [0.5, 0.6) is 0 Å². The van der Waals surface area contributed by atoms with E-state index >= 15 is 0 Å². The number of aliphatic carboxylic acids is 1. The Kier molecular flexibility index (Phi) is 3.89. The number of ether oxygens (including phenoxy) is 1. The van der Waals surface area contributed by atoms with Crippen LogP contribution in [-0.2, 0) is 14.3 Å². The van der Waals surface area contributed by atoms with Gasteiger partial charge in [0.2, 0.25) is 5.91 Å². The molecular formula is C12H17NO5S. The topological polar surface area (TPSA) is 87.1 Å². The fourth-order valence-electron chi connectivity index (χ4n) is 2.84. The third kappa shape index (κ3) is 2.05. The zero-order valence-corrected chi connectivity index (χ0v) is 11.8. The number of hydrogen-bond donors (Lipinski definition) is 2. The van der Waals surface area contributed by atoms with Crippen LogP contribution in [0.15, 0.2) is 10.6 Å². The lowest BCUT2D eigenvalue weighted by Gasteiger charge is -2.46. The summed E-state index contributed by atoms with van der Waals surface area (Å²) in [6.45, 7) is 3.45. The second-order valence-corrected chi connectivity index (χ2v) is 5.79. The molecular weight excluding hydrogens is 270 g/mol. The van der Waals surface area contributed by atoms with E-state index in [1.54, 1.807) is 6.92 Å². The highest BCUT2D eigenvalue weighted by Crippen LogP contribution is 2.50. The van der Waals surface area contributed by atoms with Crippen LogP contribution in [0.25, 0.3) is 0 Å². The van der Waals surface area contributed by atoms with Crippen molar-refractivity contribution in [3.05, 3.63) is 10.6 Å². The number of fused-ring (bicyclic) bond motifs is 1. The van der Waals surface area contributed by atoms with Gasteiger partial charge < -0.3 is 19.8 Å². The summed E-state index contributed by atoms with van der Waals surface area (Å²) in [5.74, 6) is -1.68. The highest BCUT2D eigenvalue weighted by Gasteiger charge is 2.59. The average Bonchev–Trinajstić information content (AvgIpc) is 2.56. The number of thioether (sulfide) groups is 1. The summed E-state index contributed by atoms with van der Waals surface area (Å²) in [5.41, 5.74) is 0.0430. The smallest absolute Gasteiger partial charge is 0.353 e. The zero-order chi connectivity index (χ0) is 14.3. The second kappa shape index (κ2) is 5.15. The van der Waals surface area contributed by atoms with Crippen LogP contribution in [0.3, 0.4) is 0 Å². The molecule has 1 amide bonds. The van der Waals surface area contributed by atoms with Crippen LogP contribution in [0.4, 0.5) is 0 Å². The molecule has 0 saturated carbocycles. The predicted molar refractivity (Wildman–Crippen MR) is 69.1 cm³/mol. The van der Waals surface area contributed by atoms with E-state index in [1.807, 2.05) is 6.92 Å². The van der Waals surface area contributed by atoms with Crippen LogP contribution in [0.1, 0.15) is 13.8 Å². The number of carbonyl (C=O) groups is 2. The van der Waals surface area contributed by atoms with Crippen LogP contribution < -0.4 is 0 Å². The van der Waals surface area contributed by atoms with Crippen molar-refractivity contribution in [2.24, 2.45) is 11.8 Å². The molecule has 106 valence electrons. The first-order valence-corrected chi connectivity index (χ1v) is 7.00. The van der Waals surface area contributed by atoms with Crippen molar-refractivity contribution in [1.29, 1.82) is 0 Å². The van der Waals surface area contributed by atoms with Crippen LogP contribution >= 0.6 is 11.8 Å². The van der Waals surface area contributed by atoms with Crippen molar-refractivity contribution in [1.82, 2.24) is 4.90 Å². The van der Waals surface area contributed by atoms with Gasteiger partial charge in [-0.05, 0) is 6.92 Å². The molecule has 0 aromatic rings. The molecule has 0 spiro atoms. The van der Waals surface area contributed by atoms with Gasteiger partial charge in [0.05, 0.1) is 24.0 Å².